The van der Waals surface area contributed by atoms with Crippen LogP contribution in [-0.4, -0.2) is 28.9 Å². The first-order valence-electron chi connectivity index (χ1n) is 3.43. The van der Waals surface area contributed by atoms with Crippen molar-refractivity contribution in [1.82, 2.24) is 0 Å². The van der Waals surface area contributed by atoms with Gasteiger partial charge in [-0.05, 0) is 12.0 Å². The average molecular weight is 235 g/mol. The van der Waals surface area contributed by atoms with E-state index in [0.717, 1.165) is 18.2 Å². The largest absolute Gasteiger partial charge is 0.364 e. The summed E-state index contributed by atoms with van der Waals surface area (Å²) >= 11 is 2.89. The molecule has 0 spiro atoms. The molecule has 0 aromatic heterocycles. The highest BCUT2D eigenvalue weighted by molar-refractivity contribution is 9.08. The Kier molecular flexibility index (Phi) is 6.84. The van der Waals surface area contributed by atoms with Gasteiger partial charge in [-0.25, -0.2) is 4.02 Å². The minimum Gasteiger partial charge on any atom is -0.364 e. The highest BCUT2D eigenvalue weighted by Gasteiger charge is 1.88. The van der Waals surface area contributed by atoms with Gasteiger partial charge in [-0.3, -0.25) is 4.99 Å². The number of hydrogen-bond donors (Lipinski definition) is 2. The summed E-state index contributed by atoms with van der Waals surface area (Å²) in [6.07, 6.45) is 3.43. The van der Waals surface area contributed by atoms with Crippen LogP contribution in [0.1, 0.15) is 13.3 Å². The molecule has 0 atom stereocenters. The van der Waals surface area contributed by atoms with Crippen LogP contribution in [0.5, 0.6) is 0 Å². The van der Waals surface area contributed by atoms with E-state index in [0.29, 0.717) is 0 Å². The van der Waals surface area contributed by atoms with E-state index in [2.05, 4.69) is 25.2 Å². The van der Waals surface area contributed by atoms with Gasteiger partial charge in [0.05, 0.1) is 22.4 Å². The minimum atomic E-state index is -1.50. The molecule has 4 nitrogen and oxygen atoms in total. The maximum Gasteiger partial charge on any atom is 0.188 e. The summed E-state index contributed by atoms with van der Waals surface area (Å²) in [5.41, 5.74) is 0.892. The number of aliphatic hydroxyl groups is 2. The zero-order valence-corrected chi connectivity index (χ0v) is 8.27. The van der Waals surface area contributed by atoms with Crippen LogP contribution in [-0.2, 0) is 0 Å². The first-order valence-corrected chi connectivity index (χ1v) is 4.14. The first kappa shape index (κ1) is 11.5. The quantitative estimate of drug-likeness (QED) is 0.564. The Morgan fingerprint density at radius 2 is 2.25 bits per heavy atom. The third-order valence-corrected chi connectivity index (χ3v) is 1.29. The summed E-state index contributed by atoms with van der Waals surface area (Å²) < 4.78 is 3.62. The molecule has 0 bridgehead atoms. The van der Waals surface area contributed by atoms with E-state index in [1.807, 2.05) is 6.92 Å². The molecule has 0 heterocycles. The minimum absolute atomic E-state index is 0.786. The summed E-state index contributed by atoms with van der Waals surface area (Å²) in [6.45, 7) is 1.95. The second-order valence-corrected chi connectivity index (χ2v) is 2.41. The lowest BCUT2D eigenvalue weighted by Gasteiger charge is -1.92. The first-order chi connectivity index (χ1) is 5.70. The fourth-order valence-corrected chi connectivity index (χ4v) is 0.757. The van der Waals surface area contributed by atoms with Gasteiger partial charge in [0.15, 0.2) is 6.29 Å². The van der Waals surface area contributed by atoms with Gasteiger partial charge < -0.3 is 10.2 Å². The zero-order chi connectivity index (χ0) is 9.40. The Labute approximate surface area is 79.7 Å². The standard InChI is InChI=1S/C7H11BrN2O2/c1-2-6(4-10-8)3-9-5-7(11)12/h3-5,7,11-12H,2H2,1H3/b6-3-,9-5+,10-4-. The van der Waals surface area contributed by atoms with Gasteiger partial charge in [0.2, 0.25) is 0 Å². The van der Waals surface area contributed by atoms with Gasteiger partial charge in [-0.15, -0.1) is 0 Å². The molecule has 0 rings (SSSR count). The van der Waals surface area contributed by atoms with E-state index in [1.54, 1.807) is 6.21 Å². The molecule has 0 saturated carbocycles. The topological polar surface area (TPSA) is 65.2 Å². The number of aliphatic imine (C=N–C) groups is 1. The van der Waals surface area contributed by atoms with Crippen LogP contribution < -0.4 is 0 Å². The maximum atomic E-state index is 8.40. The monoisotopic (exact) mass is 234 g/mol. The second kappa shape index (κ2) is 7.15. The van der Waals surface area contributed by atoms with Crippen molar-refractivity contribution in [2.24, 2.45) is 9.01 Å². The third kappa shape index (κ3) is 6.21. The van der Waals surface area contributed by atoms with Crippen molar-refractivity contribution in [2.45, 2.75) is 19.6 Å². The molecule has 12 heavy (non-hydrogen) atoms. The third-order valence-electron chi connectivity index (χ3n) is 1.08. The lowest BCUT2D eigenvalue weighted by atomic mass is 10.2. The Morgan fingerprint density at radius 3 is 2.67 bits per heavy atom. The predicted molar refractivity (Wildman–Crippen MR) is 52.5 cm³/mol. The van der Waals surface area contributed by atoms with Crippen LogP contribution in [0.4, 0.5) is 0 Å². The molecule has 0 aromatic rings. The van der Waals surface area contributed by atoms with Crippen LogP contribution in [0.25, 0.3) is 0 Å². The molecule has 68 valence electrons. The van der Waals surface area contributed by atoms with Gasteiger partial charge in [-0.2, -0.15) is 0 Å². The molecule has 5 heteroatoms. The molecule has 0 fully saturated rings. The lowest BCUT2D eigenvalue weighted by Crippen LogP contribution is -2.04. The predicted octanol–water partition coefficient (Wildman–Crippen LogP) is 1.04. The Balaban J connectivity index is 4.11. The fraction of sp³-hybridized carbons (Fsp3) is 0.429. The van der Waals surface area contributed by atoms with Crippen molar-refractivity contribution in [1.29, 1.82) is 0 Å². The van der Waals surface area contributed by atoms with E-state index in [1.165, 1.54) is 6.20 Å². The number of aliphatic hydroxyl groups excluding tert-OH is 1. The number of halogens is 1. The van der Waals surface area contributed by atoms with Crippen molar-refractivity contribution in [3.8, 4) is 0 Å². The van der Waals surface area contributed by atoms with Crippen LogP contribution >= 0.6 is 16.1 Å². The van der Waals surface area contributed by atoms with Crippen LogP contribution in [0.15, 0.2) is 20.8 Å². The molecule has 0 unspecified atom stereocenters. The van der Waals surface area contributed by atoms with Crippen LogP contribution in [0.3, 0.4) is 0 Å². The van der Waals surface area contributed by atoms with Crippen molar-refractivity contribution < 1.29 is 10.2 Å². The van der Waals surface area contributed by atoms with Crippen LogP contribution in [0, 0.1) is 0 Å². The smallest absolute Gasteiger partial charge is 0.188 e. The normalized spacial score (nSPS) is 13.9. The molecule has 0 aromatic carbocycles. The zero-order valence-electron chi connectivity index (χ0n) is 6.68. The highest BCUT2D eigenvalue weighted by Crippen LogP contribution is 1.98. The summed E-state index contributed by atoms with van der Waals surface area (Å²) in [7, 11) is 0. The summed E-state index contributed by atoms with van der Waals surface area (Å²) in [5, 5.41) is 16.8. The van der Waals surface area contributed by atoms with Crippen molar-refractivity contribution in [3.63, 3.8) is 0 Å². The van der Waals surface area contributed by atoms with E-state index in [4.69, 9.17) is 10.2 Å². The van der Waals surface area contributed by atoms with E-state index in [-0.39, 0.29) is 0 Å². The van der Waals surface area contributed by atoms with Gasteiger partial charge in [0.25, 0.3) is 0 Å². The molecule has 0 amide bonds. The molecule has 0 saturated heterocycles. The van der Waals surface area contributed by atoms with Crippen molar-refractivity contribution in [2.75, 3.05) is 0 Å². The lowest BCUT2D eigenvalue weighted by molar-refractivity contribution is 0.0239. The van der Waals surface area contributed by atoms with Gasteiger partial charge in [0.1, 0.15) is 0 Å². The van der Waals surface area contributed by atoms with E-state index < -0.39 is 6.29 Å². The summed E-state index contributed by atoms with van der Waals surface area (Å²) in [4.78, 5) is 3.66. The molecular weight excluding hydrogens is 224 g/mol. The molecular formula is C7H11BrN2O2. The molecule has 2 N–H and O–H groups in total. The van der Waals surface area contributed by atoms with E-state index in [9.17, 15) is 0 Å². The number of hydrogen-bond acceptors (Lipinski definition) is 4. The number of allylic oxidation sites excluding steroid dienone is 1. The molecule has 0 aliphatic carbocycles. The second-order valence-electron chi connectivity index (χ2n) is 2.00. The van der Waals surface area contributed by atoms with Gasteiger partial charge in [-0.1, -0.05) is 6.92 Å². The van der Waals surface area contributed by atoms with Crippen molar-refractivity contribution in [3.05, 3.63) is 11.8 Å². The summed E-state index contributed by atoms with van der Waals surface area (Å²) in [5.74, 6) is 0. The molecule has 0 radical (unpaired) electrons. The molecule has 0 aliphatic rings. The average Bonchev–Trinajstić information content (AvgIpc) is 2.02. The van der Waals surface area contributed by atoms with Crippen LogP contribution in [0.2, 0.25) is 0 Å². The Morgan fingerprint density at radius 1 is 1.58 bits per heavy atom. The Bertz CT molecular complexity index is 200. The fourth-order valence-electron chi connectivity index (χ4n) is 0.494. The highest BCUT2D eigenvalue weighted by atomic mass is 79.9. The number of nitrogens with zero attached hydrogens (tertiary/aromatic N) is 2. The maximum absolute atomic E-state index is 8.40. The van der Waals surface area contributed by atoms with Gasteiger partial charge >= 0.3 is 0 Å². The molecule has 0 aliphatic heterocycles. The van der Waals surface area contributed by atoms with Crippen molar-refractivity contribution >= 4 is 28.6 Å². The van der Waals surface area contributed by atoms with Gasteiger partial charge in [0, 0.05) is 12.4 Å². The van der Waals surface area contributed by atoms with E-state index >= 15 is 0 Å². The number of rotatable bonds is 4. The Hall–Kier alpha value is -0.520. The summed E-state index contributed by atoms with van der Waals surface area (Å²) in [6, 6.07) is 0. The SMILES string of the molecule is CCC(/C=N\Br)=C/N=C/C(O)O.